The highest BCUT2D eigenvalue weighted by molar-refractivity contribution is 9.10. The SMILES string of the molecule is O=[N+]([O-])[C@]1(Br)C=CC(c2ccccc2)=CC1. The Kier molecular flexibility index (Phi) is 2.92. The van der Waals surface area contributed by atoms with Gasteiger partial charge >= 0.3 is 0 Å². The van der Waals surface area contributed by atoms with Crippen molar-refractivity contribution in [3.05, 3.63) is 64.2 Å². The van der Waals surface area contributed by atoms with Gasteiger partial charge in [-0.05, 0) is 11.1 Å². The Hall–Kier alpha value is -1.42. The van der Waals surface area contributed by atoms with E-state index in [0.29, 0.717) is 6.42 Å². The van der Waals surface area contributed by atoms with Crippen molar-refractivity contribution in [2.75, 3.05) is 0 Å². The topological polar surface area (TPSA) is 43.1 Å². The molecule has 0 unspecified atom stereocenters. The number of benzene rings is 1. The Bertz CT molecular complexity index is 467. The van der Waals surface area contributed by atoms with Crippen LogP contribution in [-0.4, -0.2) is 9.37 Å². The van der Waals surface area contributed by atoms with E-state index in [2.05, 4.69) is 15.9 Å². The molecule has 16 heavy (non-hydrogen) atoms. The maximum absolute atomic E-state index is 10.8. The van der Waals surface area contributed by atoms with E-state index in [0.717, 1.165) is 11.1 Å². The lowest BCUT2D eigenvalue weighted by atomic mass is 9.97. The molecule has 0 aliphatic heterocycles. The second kappa shape index (κ2) is 4.22. The quantitative estimate of drug-likeness (QED) is 0.360. The van der Waals surface area contributed by atoms with Crippen LogP contribution in [0.5, 0.6) is 0 Å². The van der Waals surface area contributed by atoms with Crippen LogP contribution in [0.4, 0.5) is 0 Å². The highest BCUT2D eigenvalue weighted by Gasteiger charge is 2.37. The van der Waals surface area contributed by atoms with Crippen molar-refractivity contribution in [3.63, 3.8) is 0 Å². The number of nitrogens with zero attached hydrogens (tertiary/aromatic N) is 1. The van der Waals surface area contributed by atoms with Crippen LogP contribution >= 0.6 is 15.9 Å². The number of hydrogen-bond donors (Lipinski definition) is 0. The average Bonchev–Trinajstić information content (AvgIpc) is 2.31. The van der Waals surface area contributed by atoms with E-state index < -0.39 is 4.45 Å². The summed E-state index contributed by atoms with van der Waals surface area (Å²) in [6.45, 7) is 0. The summed E-state index contributed by atoms with van der Waals surface area (Å²) in [7, 11) is 0. The molecular formula is C12H10BrNO2. The molecule has 1 aromatic rings. The summed E-state index contributed by atoms with van der Waals surface area (Å²) in [5.41, 5.74) is 2.11. The Balaban J connectivity index is 2.23. The molecule has 0 saturated heterocycles. The first-order chi connectivity index (χ1) is 7.62. The zero-order valence-electron chi connectivity index (χ0n) is 8.47. The molecule has 1 aliphatic rings. The highest BCUT2D eigenvalue weighted by Crippen LogP contribution is 2.33. The van der Waals surface area contributed by atoms with Gasteiger partial charge in [-0.2, -0.15) is 0 Å². The van der Waals surface area contributed by atoms with Crippen LogP contribution in [0.15, 0.2) is 48.6 Å². The monoisotopic (exact) mass is 279 g/mol. The van der Waals surface area contributed by atoms with Crippen molar-refractivity contribution >= 4 is 21.5 Å². The lowest BCUT2D eigenvalue weighted by Crippen LogP contribution is -2.29. The molecule has 0 bridgehead atoms. The first-order valence-electron chi connectivity index (χ1n) is 4.90. The summed E-state index contributed by atoms with van der Waals surface area (Å²) in [5.74, 6) is 0. The fourth-order valence-corrected chi connectivity index (χ4v) is 1.88. The van der Waals surface area contributed by atoms with Crippen molar-refractivity contribution in [2.24, 2.45) is 0 Å². The smallest absolute Gasteiger partial charge is 0.263 e. The maximum atomic E-state index is 10.8. The molecule has 3 nitrogen and oxygen atoms in total. The lowest BCUT2D eigenvalue weighted by molar-refractivity contribution is -0.520. The number of alkyl halides is 1. The van der Waals surface area contributed by atoms with Gasteiger partial charge in [-0.1, -0.05) is 42.5 Å². The Morgan fingerprint density at radius 3 is 2.50 bits per heavy atom. The molecule has 0 aromatic heterocycles. The van der Waals surface area contributed by atoms with Crippen molar-refractivity contribution < 1.29 is 4.92 Å². The molecule has 0 fully saturated rings. The summed E-state index contributed by atoms with van der Waals surface area (Å²) in [4.78, 5) is 10.5. The third-order valence-corrected chi connectivity index (χ3v) is 3.41. The van der Waals surface area contributed by atoms with Gasteiger partial charge < -0.3 is 0 Å². The first-order valence-corrected chi connectivity index (χ1v) is 5.69. The number of halogens is 1. The van der Waals surface area contributed by atoms with Gasteiger partial charge in [-0.3, -0.25) is 10.1 Å². The summed E-state index contributed by atoms with van der Waals surface area (Å²) in [6.07, 6.45) is 5.62. The fourth-order valence-electron chi connectivity index (χ4n) is 1.59. The van der Waals surface area contributed by atoms with E-state index in [4.69, 9.17) is 0 Å². The minimum atomic E-state index is -1.13. The summed E-state index contributed by atoms with van der Waals surface area (Å²) in [6, 6.07) is 9.83. The molecular weight excluding hydrogens is 270 g/mol. The maximum Gasteiger partial charge on any atom is 0.296 e. The Morgan fingerprint density at radius 1 is 1.31 bits per heavy atom. The minimum Gasteiger partial charge on any atom is -0.263 e. The third-order valence-electron chi connectivity index (χ3n) is 2.54. The van der Waals surface area contributed by atoms with Crippen LogP contribution < -0.4 is 0 Å². The molecule has 1 aromatic carbocycles. The molecule has 0 saturated carbocycles. The van der Waals surface area contributed by atoms with Crippen LogP contribution in [0, 0.1) is 10.1 Å². The molecule has 0 spiro atoms. The second-order valence-corrected chi connectivity index (χ2v) is 5.01. The van der Waals surface area contributed by atoms with Crippen molar-refractivity contribution in [2.45, 2.75) is 10.9 Å². The molecule has 0 heterocycles. The van der Waals surface area contributed by atoms with Crippen LogP contribution in [-0.2, 0) is 0 Å². The number of rotatable bonds is 2. The lowest BCUT2D eigenvalue weighted by Gasteiger charge is -2.17. The normalized spacial score (nSPS) is 23.9. The standard InChI is InChI=1S/C12H10BrNO2/c13-12(14(15)16)8-6-11(7-9-12)10-4-2-1-3-5-10/h1-8H,9H2/t12-/m1/s1. The molecule has 82 valence electrons. The van der Waals surface area contributed by atoms with Crippen LogP contribution in [0.3, 0.4) is 0 Å². The van der Waals surface area contributed by atoms with Crippen LogP contribution in [0.2, 0.25) is 0 Å². The van der Waals surface area contributed by atoms with E-state index in [1.165, 1.54) is 0 Å². The first kappa shape index (κ1) is 11.1. The van der Waals surface area contributed by atoms with Crippen molar-refractivity contribution in [3.8, 4) is 0 Å². The predicted octanol–water partition coefficient (Wildman–Crippen LogP) is 3.40. The fraction of sp³-hybridized carbons (Fsp3) is 0.167. The summed E-state index contributed by atoms with van der Waals surface area (Å²) in [5, 5.41) is 10.8. The zero-order chi connectivity index (χ0) is 11.6. The van der Waals surface area contributed by atoms with Crippen molar-refractivity contribution in [1.82, 2.24) is 0 Å². The molecule has 0 amide bonds. The van der Waals surface area contributed by atoms with Crippen LogP contribution in [0.1, 0.15) is 12.0 Å². The van der Waals surface area contributed by atoms with Gasteiger partial charge in [-0.25, -0.2) is 0 Å². The number of nitro groups is 1. The molecule has 2 rings (SSSR count). The van der Waals surface area contributed by atoms with Gasteiger partial charge in [0.1, 0.15) is 0 Å². The van der Waals surface area contributed by atoms with E-state index in [9.17, 15) is 10.1 Å². The van der Waals surface area contributed by atoms with Gasteiger partial charge in [0, 0.05) is 26.9 Å². The van der Waals surface area contributed by atoms with Gasteiger partial charge in [0.05, 0.1) is 6.42 Å². The van der Waals surface area contributed by atoms with Crippen molar-refractivity contribution in [1.29, 1.82) is 0 Å². The molecule has 1 aliphatic carbocycles. The highest BCUT2D eigenvalue weighted by atomic mass is 79.9. The van der Waals surface area contributed by atoms with E-state index in [-0.39, 0.29) is 4.92 Å². The Labute approximate surface area is 102 Å². The number of allylic oxidation sites excluding steroid dienone is 2. The van der Waals surface area contributed by atoms with E-state index in [1.54, 1.807) is 12.2 Å². The van der Waals surface area contributed by atoms with E-state index >= 15 is 0 Å². The predicted molar refractivity (Wildman–Crippen MR) is 66.8 cm³/mol. The van der Waals surface area contributed by atoms with Gasteiger partial charge in [0.2, 0.25) is 0 Å². The van der Waals surface area contributed by atoms with Gasteiger partial charge in [-0.15, -0.1) is 0 Å². The zero-order valence-corrected chi connectivity index (χ0v) is 10.1. The third kappa shape index (κ3) is 2.07. The van der Waals surface area contributed by atoms with E-state index in [1.807, 2.05) is 36.4 Å². The summed E-state index contributed by atoms with van der Waals surface area (Å²) < 4.78 is -1.13. The average molecular weight is 280 g/mol. The Morgan fingerprint density at radius 2 is 2.00 bits per heavy atom. The molecule has 1 atom stereocenters. The molecule has 4 heteroatoms. The van der Waals surface area contributed by atoms with Gasteiger partial charge in [0.25, 0.3) is 4.45 Å². The molecule has 0 N–H and O–H groups in total. The minimum absolute atomic E-state index is 0.318. The molecule has 0 radical (unpaired) electrons. The van der Waals surface area contributed by atoms with Gasteiger partial charge in [0.15, 0.2) is 0 Å². The number of hydrogen-bond acceptors (Lipinski definition) is 2. The van der Waals surface area contributed by atoms with Crippen LogP contribution in [0.25, 0.3) is 5.57 Å². The summed E-state index contributed by atoms with van der Waals surface area (Å²) >= 11 is 3.13. The largest absolute Gasteiger partial charge is 0.296 e. The second-order valence-electron chi connectivity index (χ2n) is 3.64.